The van der Waals surface area contributed by atoms with Gasteiger partial charge < -0.3 is 14.4 Å². The Morgan fingerprint density at radius 2 is 1.83 bits per heavy atom. The number of hydrogen-bond donors (Lipinski definition) is 1. The first-order chi connectivity index (χ1) is 26.5. The van der Waals surface area contributed by atoms with E-state index in [4.69, 9.17) is 37.7 Å². The van der Waals surface area contributed by atoms with E-state index >= 15 is 0 Å². The number of nitrogens with one attached hydrogen (secondary N) is 1. The molecular weight excluding hydrogens is 866 g/mol. The number of rotatable bonds is 14. The van der Waals surface area contributed by atoms with Crippen LogP contribution in [0.1, 0.15) is 57.9 Å². The molecule has 0 unspecified atom stereocenters. The average molecular weight is 913 g/mol. The number of nitrogens with zero attached hydrogens (tertiary/aromatic N) is 3. The predicted molar refractivity (Wildman–Crippen MR) is 232 cm³/mol. The Bertz CT molecular complexity index is 2330. The van der Waals surface area contributed by atoms with Crippen LogP contribution < -0.4 is 14.2 Å². The van der Waals surface area contributed by atoms with Crippen LogP contribution in [-0.2, 0) is 30.8 Å². The molecule has 1 N–H and O–H groups in total. The highest BCUT2D eigenvalue weighted by atomic mass is 35.5. The lowest BCUT2D eigenvalue weighted by Gasteiger charge is -2.35. The first kappa shape index (κ1) is 45.6. The number of allylic oxidation sites excluding steroid dienone is 1. The van der Waals surface area contributed by atoms with Crippen LogP contribution in [-0.4, -0.2) is 71.9 Å². The molecule has 1 aliphatic heterocycles. The van der Waals surface area contributed by atoms with Crippen molar-refractivity contribution in [2.24, 2.45) is 22.7 Å². The maximum atomic E-state index is 14.9. The Morgan fingerprint density at radius 3 is 2.47 bits per heavy atom. The summed E-state index contributed by atoms with van der Waals surface area (Å²) in [5.74, 6) is -1.48. The Balaban J connectivity index is 0.00000320. The lowest BCUT2D eigenvalue weighted by molar-refractivity contribution is -0.144. The summed E-state index contributed by atoms with van der Waals surface area (Å²) in [6, 6.07) is 11.7. The van der Waals surface area contributed by atoms with Crippen molar-refractivity contribution in [2.45, 2.75) is 76.7 Å². The van der Waals surface area contributed by atoms with Gasteiger partial charge in [-0.1, -0.05) is 62.2 Å². The number of likely N-dealkylation sites (tertiary alicyclic amines) is 1. The van der Waals surface area contributed by atoms with E-state index < -0.39 is 50.1 Å². The van der Waals surface area contributed by atoms with E-state index in [2.05, 4.69) is 16.3 Å². The Hall–Kier alpha value is -3.46. The third-order valence-corrected chi connectivity index (χ3v) is 14.3. The number of thiazole rings is 1. The van der Waals surface area contributed by atoms with E-state index in [1.54, 1.807) is 42.5 Å². The molecule has 0 radical (unpaired) electrons. The van der Waals surface area contributed by atoms with Gasteiger partial charge in [-0.25, -0.2) is 18.4 Å². The van der Waals surface area contributed by atoms with E-state index in [0.29, 0.717) is 40.4 Å². The highest BCUT2D eigenvalue weighted by Gasteiger charge is 2.61. The second-order valence-electron chi connectivity index (χ2n) is 16.1. The van der Waals surface area contributed by atoms with Crippen molar-refractivity contribution in [3.05, 3.63) is 81.7 Å². The quantitative estimate of drug-likeness (QED) is 0.123. The average Bonchev–Trinajstić information content (AvgIpc) is 4.04. The van der Waals surface area contributed by atoms with Crippen LogP contribution in [0.2, 0.25) is 10.0 Å². The van der Waals surface area contributed by atoms with Crippen LogP contribution in [0.5, 0.6) is 11.6 Å². The number of halogens is 4. The van der Waals surface area contributed by atoms with Crippen molar-refractivity contribution >= 4 is 97.7 Å². The van der Waals surface area contributed by atoms with Crippen LogP contribution in [0.3, 0.4) is 0 Å². The minimum atomic E-state index is -3.85. The van der Waals surface area contributed by atoms with Gasteiger partial charge in [-0.2, -0.15) is 0 Å². The summed E-state index contributed by atoms with van der Waals surface area (Å²) in [6.07, 6.45) is 3.94. The van der Waals surface area contributed by atoms with Crippen LogP contribution >= 0.6 is 59.4 Å². The molecule has 312 valence electrons. The summed E-state index contributed by atoms with van der Waals surface area (Å²) in [5.41, 5.74) is -0.202. The maximum absolute atomic E-state index is 14.9. The number of pyridine rings is 1. The second-order valence-corrected chi connectivity index (χ2v) is 19.9. The molecule has 2 saturated carbocycles. The molecule has 2 aliphatic carbocycles. The van der Waals surface area contributed by atoms with Gasteiger partial charge in [0.15, 0.2) is 5.78 Å². The van der Waals surface area contributed by atoms with E-state index in [1.165, 1.54) is 11.3 Å². The van der Waals surface area contributed by atoms with Gasteiger partial charge in [-0.05, 0) is 60.9 Å². The van der Waals surface area contributed by atoms with Crippen molar-refractivity contribution in [1.29, 1.82) is 0 Å². The molecule has 17 heteroatoms. The molecule has 1 saturated heterocycles. The summed E-state index contributed by atoms with van der Waals surface area (Å²) in [4.78, 5) is 54.1. The number of ether oxygens (including phenoxy) is 2. The zero-order chi connectivity index (χ0) is 40.2. The van der Waals surface area contributed by atoms with Gasteiger partial charge in [0, 0.05) is 56.9 Å². The van der Waals surface area contributed by atoms with Crippen molar-refractivity contribution < 1.29 is 32.3 Å². The Morgan fingerprint density at radius 1 is 1.10 bits per heavy atom. The minimum absolute atomic E-state index is 0. The number of benzene rings is 2. The fraction of sp³-hybridized carbons (Fsp3) is 0.439. The van der Waals surface area contributed by atoms with Crippen LogP contribution in [0, 0.1) is 22.7 Å². The van der Waals surface area contributed by atoms with Gasteiger partial charge in [-0.3, -0.25) is 19.1 Å². The lowest BCUT2D eigenvalue weighted by atomic mass is 9.77. The molecule has 2 aromatic carbocycles. The molecule has 5 atom stereocenters. The summed E-state index contributed by atoms with van der Waals surface area (Å²) in [5, 5.41) is 4.49. The summed E-state index contributed by atoms with van der Waals surface area (Å²) in [7, 11) is -2.31. The Labute approximate surface area is 365 Å². The number of amides is 2. The van der Waals surface area contributed by atoms with E-state index in [0.717, 1.165) is 21.7 Å². The van der Waals surface area contributed by atoms with Crippen molar-refractivity contribution in [2.75, 3.05) is 13.7 Å². The number of methoxy groups -OCH3 is 1. The first-order valence-electron chi connectivity index (χ1n) is 18.5. The maximum Gasteiger partial charge on any atom is 0.240 e. The number of Topliss-reactive ketones (excluding diaryl/α,β-unsaturated/α-hetero) is 1. The monoisotopic (exact) mass is 910 g/mol. The van der Waals surface area contributed by atoms with Gasteiger partial charge in [0.1, 0.15) is 11.9 Å². The molecule has 11 nitrogen and oxygen atoms in total. The first-order valence-corrected chi connectivity index (χ1v) is 21.7. The Kier molecular flexibility index (Phi) is 13.9. The van der Waals surface area contributed by atoms with Crippen LogP contribution in [0.15, 0.2) is 66.7 Å². The fourth-order valence-electron chi connectivity index (χ4n) is 7.64. The predicted octanol–water partition coefficient (Wildman–Crippen LogP) is 8.53. The molecule has 2 amide bonds. The van der Waals surface area contributed by atoms with Crippen molar-refractivity contribution in [1.82, 2.24) is 19.6 Å². The number of ketones is 1. The zero-order valence-electron chi connectivity index (χ0n) is 32.4. The minimum Gasteiger partial charge on any atom is -0.494 e. The molecule has 7 rings (SSSR count). The second kappa shape index (κ2) is 17.6. The molecule has 0 bridgehead atoms. The van der Waals surface area contributed by atoms with Crippen molar-refractivity contribution in [3.8, 4) is 22.9 Å². The molecule has 2 aromatic heterocycles. The van der Waals surface area contributed by atoms with E-state index in [9.17, 15) is 22.8 Å². The lowest BCUT2D eigenvalue weighted by Crippen LogP contribution is -2.48. The summed E-state index contributed by atoms with van der Waals surface area (Å²) >= 11 is 14.1. The highest BCUT2D eigenvalue weighted by Crippen LogP contribution is 2.57. The number of carbonyl (C=O) groups is 3. The number of carbonyl (C=O) groups excluding carboxylic acids is 3. The molecule has 58 heavy (non-hydrogen) atoms. The molecule has 3 aliphatic rings. The largest absolute Gasteiger partial charge is 0.494 e. The highest BCUT2D eigenvalue weighted by molar-refractivity contribution is 7.90. The zero-order valence-corrected chi connectivity index (χ0v) is 37.2. The SMILES string of the molecule is C=C[C@@H]1C[C@]1(CC(=O)[C@@H]1C[C@@H](Oc2ncc(OC)c3ccc(Cl)cc23)CN1C(=O)[C@@H](Cc1nc(-c2cccc(Cl)c2)cs1)C(C)(C)C)C(=O)NS(=O)(=O)C1CC1.Cl.Cl. The van der Waals surface area contributed by atoms with Gasteiger partial charge in [0.05, 0.1) is 47.3 Å². The molecule has 0 spiro atoms. The van der Waals surface area contributed by atoms with E-state index in [1.807, 2.05) is 50.4 Å². The molecular formula is C41H46Cl4N4O7S2. The third kappa shape index (κ3) is 9.45. The summed E-state index contributed by atoms with van der Waals surface area (Å²) in [6.45, 7) is 9.87. The van der Waals surface area contributed by atoms with Gasteiger partial charge in [0.25, 0.3) is 0 Å². The molecule has 3 fully saturated rings. The number of hydrogen-bond acceptors (Lipinski definition) is 10. The van der Waals surface area contributed by atoms with Crippen LogP contribution in [0.4, 0.5) is 0 Å². The number of fused-ring (bicyclic) bond motifs is 1. The fourth-order valence-corrected chi connectivity index (χ4v) is 10.2. The molecule has 3 heterocycles. The molecule has 4 aromatic rings. The normalized spacial score (nSPS) is 22.0. The standard InChI is InChI=1S/C41H44Cl2N4O7S2.2ClH/c1-6-24-18-41(24,39(50)46-56(51,52)28-11-12-28)19-34(48)33-16-27(54-37-30-15-26(43)10-13-29(30)35(53-5)20-44-37)21-47(33)38(49)31(40(2,3)4)17-36-45-32(22-55-36)23-8-7-9-25(42)14-23;;/h6-10,13-15,20,22,24,27-28,31,33H,1,11-12,16-19,21H2,2-5H3,(H,46,50);2*1H/t24-,27-,31-,33+,41-;;/m1../s1. The van der Waals surface area contributed by atoms with Gasteiger partial charge >= 0.3 is 0 Å². The number of aromatic nitrogens is 2. The number of sulfonamides is 1. The topological polar surface area (TPSA) is 145 Å². The smallest absolute Gasteiger partial charge is 0.240 e. The third-order valence-electron chi connectivity index (χ3n) is 11.1. The van der Waals surface area contributed by atoms with Gasteiger partial charge in [0.2, 0.25) is 27.7 Å². The van der Waals surface area contributed by atoms with Crippen LogP contribution in [0.25, 0.3) is 22.0 Å². The van der Waals surface area contributed by atoms with Gasteiger partial charge in [-0.15, -0.1) is 42.7 Å². The van der Waals surface area contributed by atoms with E-state index in [-0.39, 0.29) is 74.1 Å². The van der Waals surface area contributed by atoms with Crippen molar-refractivity contribution in [3.63, 3.8) is 0 Å². The summed E-state index contributed by atoms with van der Waals surface area (Å²) < 4.78 is 39.9.